The summed E-state index contributed by atoms with van der Waals surface area (Å²) in [7, 11) is 1.73. The van der Waals surface area contributed by atoms with E-state index in [4.69, 9.17) is 9.47 Å². The lowest BCUT2D eigenvalue weighted by atomic mass is 10.1. The van der Waals surface area contributed by atoms with Crippen molar-refractivity contribution in [3.05, 3.63) is 0 Å². The highest BCUT2D eigenvalue weighted by Crippen LogP contribution is 2.09. The summed E-state index contributed by atoms with van der Waals surface area (Å²) < 4.78 is 10.5. The monoisotopic (exact) mass is 258 g/mol. The number of nitrogens with zero attached hydrogens (tertiary/aromatic N) is 1. The first-order valence-electron chi connectivity index (χ1n) is 7.32. The van der Waals surface area contributed by atoms with Crippen LogP contribution in [0.2, 0.25) is 0 Å². The normalized spacial score (nSPS) is 18.3. The van der Waals surface area contributed by atoms with E-state index in [-0.39, 0.29) is 0 Å². The lowest BCUT2D eigenvalue weighted by Crippen LogP contribution is -2.33. The maximum atomic E-state index is 5.50. The van der Waals surface area contributed by atoms with E-state index in [1.165, 1.54) is 32.5 Å². The van der Waals surface area contributed by atoms with Gasteiger partial charge >= 0.3 is 0 Å². The van der Waals surface area contributed by atoms with Gasteiger partial charge in [-0.15, -0.1) is 0 Å². The third-order valence-corrected chi connectivity index (χ3v) is 3.32. The van der Waals surface area contributed by atoms with Gasteiger partial charge in [-0.05, 0) is 44.8 Å². The van der Waals surface area contributed by atoms with Crippen LogP contribution in [0.15, 0.2) is 0 Å². The minimum atomic E-state index is 0.733. The Labute approximate surface area is 112 Å². The minimum Gasteiger partial charge on any atom is -0.385 e. The first-order chi connectivity index (χ1) is 8.83. The van der Waals surface area contributed by atoms with Gasteiger partial charge in [0, 0.05) is 33.4 Å². The molecule has 4 nitrogen and oxygen atoms in total. The van der Waals surface area contributed by atoms with Crippen molar-refractivity contribution in [2.75, 3.05) is 59.7 Å². The smallest absolute Gasteiger partial charge is 0.0590 e. The average molecular weight is 258 g/mol. The summed E-state index contributed by atoms with van der Waals surface area (Å²) in [6.45, 7) is 10.6. The predicted molar refractivity (Wildman–Crippen MR) is 75.0 cm³/mol. The van der Waals surface area contributed by atoms with Crippen LogP contribution in [0.5, 0.6) is 0 Å². The molecule has 0 aliphatic carbocycles. The molecule has 0 saturated carbocycles. The number of likely N-dealkylation sites (tertiary alicyclic amines) is 1. The highest BCUT2D eigenvalue weighted by atomic mass is 16.5. The molecule has 1 aliphatic heterocycles. The summed E-state index contributed by atoms with van der Waals surface area (Å²) in [4.78, 5) is 2.58. The maximum absolute atomic E-state index is 5.50. The molecule has 108 valence electrons. The van der Waals surface area contributed by atoms with Gasteiger partial charge in [-0.2, -0.15) is 0 Å². The first-order valence-corrected chi connectivity index (χ1v) is 7.32. The van der Waals surface area contributed by atoms with E-state index in [2.05, 4.69) is 17.1 Å². The molecule has 0 aromatic heterocycles. The van der Waals surface area contributed by atoms with Gasteiger partial charge in [-0.3, -0.25) is 0 Å². The molecular weight excluding hydrogens is 228 g/mol. The minimum absolute atomic E-state index is 0.733. The van der Waals surface area contributed by atoms with Gasteiger partial charge in [0.25, 0.3) is 0 Å². The number of hydrogen-bond donors (Lipinski definition) is 1. The summed E-state index contributed by atoms with van der Waals surface area (Å²) in [6.07, 6.45) is 3.76. The number of rotatable bonds is 11. The zero-order valence-electron chi connectivity index (χ0n) is 12.1. The molecule has 0 aromatic carbocycles. The third-order valence-electron chi connectivity index (χ3n) is 3.32. The summed E-state index contributed by atoms with van der Waals surface area (Å²) in [5.41, 5.74) is 0. The molecule has 0 bridgehead atoms. The molecule has 1 unspecified atom stereocenters. The van der Waals surface area contributed by atoms with Gasteiger partial charge in [-0.25, -0.2) is 0 Å². The zero-order chi connectivity index (χ0) is 13.1. The largest absolute Gasteiger partial charge is 0.385 e. The summed E-state index contributed by atoms with van der Waals surface area (Å²) >= 11 is 0. The van der Waals surface area contributed by atoms with Crippen molar-refractivity contribution in [2.45, 2.75) is 26.2 Å². The van der Waals surface area contributed by atoms with Crippen LogP contribution in [-0.2, 0) is 9.47 Å². The van der Waals surface area contributed by atoms with Crippen molar-refractivity contribution in [1.82, 2.24) is 10.2 Å². The van der Waals surface area contributed by atoms with Crippen LogP contribution >= 0.6 is 0 Å². The van der Waals surface area contributed by atoms with Crippen LogP contribution in [0.25, 0.3) is 0 Å². The van der Waals surface area contributed by atoms with E-state index in [9.17, 15) is 0 Å². The second-order valence-corrected chi connectivity index (χ2v) is 5.28. The fourth-order valence-corrected chi connectivity index (χ4v) is 2.37. The molecule has 1 atom stereocenters. The third kappa shape index (κ3) is 8.03. The standard InChI is InChI=1S/C14H30N2O2/c1-14(13-16-7-3-4-8-16)12-15-6-11-18-10-5-9-17-2/h14-15H,3-13H2,1-2H3. The number of ether oxygens (including phenoxy) is 2. The number of methoxy groups -OCH3 is 1. The van der Waals surface area contributed by atoms with Gasteiger partial charge in [0.1, 0.15) is 0 Å². The first kappa shape index (κ1) is 15.9. The van der Waals surface area contributed by atoms with E-state index in [1.54, 1.807) is 7.11 Å². The van der Waals surface area contributed by atoms with Crippen molar-refractivity contribution in [3.8, 4) is 0 Å². The molecule has 1 saturated heterocycles. The van der Waals surface area contributed by atoms with Gasteiger partial charge in [0.05, 0.1) is 6.61 Å². The molecule has 1 heterocycles. The average Bonchev–Trinajstić information content (AvgIpc) is 2.85. The Morgan fingerprint density at radius 1 is 1.17 bits per heavy atom. The van der Waals surface area contributed by atoms with Crippen molar-refractivity contribution in [2.24, 2.45) is 5.92 Å². The predicted octanol–water partition coefficient (Wildman–Crippen LogP) is 1.36. The molecule has 0 spiro atoms. The Morgan fingerprint density at radius 2 is 1.94 bits per heavy atom. The molecule has 0 radical (unpaired) electrons. The lowest BCUT2D eigenvalue weighted by Gasteiger charge is -2.20. The van der Waals surface area contributed by atoms with E-state index in [0.29, 0.717) is 0 Å². The van der Waals surface area contributed by atoms with Crippen LogP contribution in [0.4, 0.5) is 0 Å². The molecular formula is C14H30N2O2. The van der Waals surface area contributed by atoms with Gasteiger partial charge < -0.3 is 19.7 Å². The summed E-state index contributed by atoms with van der Waals surface area (Å²) in [5, 5.41) is 3.47. The second-order valence-electron chi connectivity index (χ2n) is 5.28. The van der Waals surface area contributed by atoms with Gasteiger partial charge in [0.2, 0.25) is 0 Å². The zero-order valence-corrected chi connectivity index (χ0v) is 12.1. The summed E-state index contributed by atoms with van der Waals surface area (Å²) in [6, 6.07) is 0. The van der Waals surface area contributed by atoms with E-state index >= 15 is 0 Å². The van der Waals surface area contributed by atoms with Crippen molar-refractivity contribution in [3.63, 3.8) is 0 Å². The van der Waals surface area contributed by atoms with E-state index in [0.717, 1.165) is 45.2 Å². The molecule has 0 aromatic rings. The van der Waals surface area contributed by atoms with Crippen LogP contribution in [0.1, 0.15) is 26.2 Å². The highest BCUT2D eigenvalue weighted by molar-refractivity contribution is 4.69. The SMILES string of the molecule is COCCCOCCNCC(C)CN1CCCC1. The van der Waals surface area contributed by atoms with Gasteiger partial charge in [-0.1, -0.05) is 6.92 Å². The summed E-state index contributed by atoms with van der Waals surface area (Å²) in [5.74, 6) is 0.733. The fourth-order valence-electron chi connectivity index (χ4n) is 2.37. The Hall–Kier alpha value is -0.160. The Bertz CT molecular complexity index is 185. The molecule has 4 heteroatoms. The lowest BCUT2D eigenvalue weighted by molar-refractivity contribution is 0.104. The fraction of sp³-hybridized carbons (Fsp3) is 1.00. The Balaban J connectivity index is 1.81. The van der Waals surface area contributed by atoms with Crippen LogP contribution < -0.4 is 5.32 Å². The molecule has 1 fully saturated rings. The molecule has 18 heavy (non-hydrogen) atoms. The Morgan fingerprint density at radius 3 is 2.67 bits per heavy atom. The van der Waals surface area contributed by atoms with Gasteiger partial charge in [0.15, 0.2) is 0 Å². The maximum Gasteiger partial charge on any atom is 0.0590 e. The number of hydrogen-bond acceptors (Lipinski definition) is 4. The van der Waals surface area contributed by atoms with Crippen molar-refractivity contribution in [1.29, 1.82) is 0 Å². The van der Waals surface area contributed by atoms with Crippen molar-refractivity contribution < 1.29 is 9.47 Å². The van der Waals surface area contributed by atoms with E-state index in [1.807, 2.05) is 0 Å². The molecule has 0 amide bonds. The van der Waals surface area contributed by atoms with E-state index < -0.39 is 0 Å². The van der Waals surface area contributed by atoms with Crippen molar-refractivity contribution >= 4 is 0 Å². The van der Waals surface area contributed by atoms with Crippen LogP contribution in [0.3, 0.4) is 0 Å². The number of nitrogens with one attached hydrogen (secondary N) is 1. The Kier molecular flexibility index (Phi) is 9.48. The molecule has 1 aliphatic rings. The topological polar surface area (TPSA) is 33.7 Å². The molecule has 1 rings (SSSR count). The quantitative estimate of drug-likeness (QED) is 0.567. The second kappa shape index (κ2) is 10.7. The highest BCUT2D eigenvalue weighted by Gasteiger charge is 2.13. The van der Waals surface area contributed by atoms with Crippen LogP contribution in [-0.4, -0.2) is 64.6 Å². The van der Waals surface area contributed by atoms with Crippen LogP contribution in [0, 0.1) is 5.92 Å². The molecule has 1 N–H and O–H groups in total.